The molecule has 194 valence electrons. The molecule has 0 N–H and O–H groups in total. The molecule has 3 aromatic carbocycles. The Labute approximate surface area is 237 Å². The van der Waals surface area contributed by atoms with E-state index in [9.17, 15) is 14.9 Å². The monoisotopic (exact) mass is 573 g/mol. The molecule has 1 aliphatic carbocycles. The summed E-state index contributed by atoms with van der Waals surface area (Å²) >= 11 is 13.5. The SMILES string of the molecule is O=c1/c(=C\c2ccccc2[N+](=O)[O-])sc2n1C(c1ccc(Cl)cc1)C1=C(N=2)/C(=C\c2ccc(Cl)cc2)CCC1. The maximum atomic E-state index is 13.9. The fourth-order valence-electron chi connectivity index (χ4n) is 5.18. The molecule has 0 saturated carbocycles. The molecule has 0 amide bonds. The molecule has 0 saturated heterocycles. The molecular formula is C30H21Cl2N3O3S. The number of allylic oxidation sites excluding steroid dienone is 2. The van der Waals surface area contributed by atoms with Crippen LogP contribution in [0, 0.1) is 10.1 Å². The molecule has 2 aliphatic rings. The predicted octanol–water partition coefficient (Wildman–Crippen LogP) is 6.70. The lowest BCUT2D eigenvalue weighted by Gasteiger charge is -2.31. The maximum absolute atomic E-state index is 13.9. The molecule has 1 aliphatic heterocycles. The Balaban J connectivity index is 1.58. The molecule has 1 aromatic heterocycles. The summed E-state index contributed by atoms with van der Waals surface area (Å²) in [5, 5.41) is 12.9. The second kappa shape index (κ2) is 10.4. The Bertz CT molecular complexity index is 1850. The molecule has 0 spiro atoms. The summed E-state index contributed by atoms with van der Waals surface area (Å²) in [6, 6.07) is 21.3. The topological polar surface area (TPSA) is 77.5 Å². The molecule has 4 aromatic rings. The first kappa shape index (κ1) is 25.5. The number of fused-ring (bicyclic) bond motifs is 1. The highest BCUT2D eigenvalue weighted by Gasteiger charge is 2.32. The van der Waals surface area contributed by atoms with E-state index in [0.29, 0.717) is 24.9 Å². The molecule has 0 fully saturated rings. The molecule has 39 heavy (non-hydrogen) atoms. The van der Waals surface area contributed by atoms with Gasteiger partial charge in [0.1, 0.15) is 0 Å². The van der Waals surface area contributed by atoms with Gasteiger partial charge in [-0.3, -0.25) is 19.5 Å². The van der Waals surface area contributed by atoms with Crippen molar-refractivity contribution >= 4 is 52.4 Å². The van der Waals surface area contributed by atoms with E-state index >= 15 is 0 Å². The van der Waals surface area contributed by atoms with Crippen molar-refractivity contribution in [3.63, 3.8) is 0 Å². The molecule has 0 bridgehead atoms. The molecule has 1 unspecified atom stereocenters. The number of benzene rings is 3. The van der Waals surface area contributed by atoms with Gasteiger partial charge in [-0.05, 0) is 84.0 Å². The fourth-order valence-corrected chi connectivity index (χ4v) is 6.42. The normalized spacial score (nSPS) is 18.1. The highest BCUT2D eigenvalue weighted by molar-refractivity contribution is 7.07. The number of rotatable bonds is 4. The van der Waals surface area contributed by atoms with Gasteiger partial charge in [0.2, 0.25) is 0 Å². The maximum Gasteiger partial charge on any atom is 0.276 e. The second-order valence-electron chi connectivity index (χ2n) is 9.40. The van der Waals surface area contributed by atoms with E-state index in [-0.39, 0.29) is 17.3 Å². The molecule has 6 rings (SSSR count). The van der Waals surface area contributed by atoms with Gasteiger partial charge in [-0.2, -0.15) is 0 Å². The minimum atomic E-state index is -0.439. The summed E-state index contributed by atoms with van der Waals surface area (Å²) in [6.07, 6.45) is 6.32. The lowest BCUT2D eigenvalue weighted by molar-refractivity contribution is -0.385. The third-order valence-corrected chi connectivity index (χ3v) is 8.44. The lowest BCUT2D eigenvalue weighted by atomic mass is 9.84. The number of thiazole rings is 1. The van der Waals surface area contributed by atoms with Gasteiger partial charge >= 0.3 is 0 Å². The molecule has 1 atom stereocenters. The Morgan fingerprint density at radius 2 is 1.64 bits per heavy atom. The van der Waals surface area contributed by atoms with Gasteiger partial charge in [-0.25, -0.2) is 4.99 Å². The van der Waals surface area contributed by atoms with E-state index in [2.05, 4.69) is 6.08 Å². The smallest absolute Gasteiger partial charge is 0.272 e. The number of nitro benzene ring substituents is 1. The average Bonchev–Trinajstić information content (AvgIpc) is 3.24. The number of hydrogen-bond donors (Lipinski definition) is 0. The third-order valence-electron chi connectivity index (χ3n) is 6.95. The highest BCUT2D eigenvalue weighted by Crippen LogP contribution is 2.41. The lowest BCUT2D eigenvalue weighted by Crippen LogP contribution is -2.39. The summed E-state index contributed by atoms with van der Waals surface area (Å²) in [6.45, 7) is 0. The summed E-state index contributed by atoms with van der Waals surface area (Å²) in [5.74, 6) is 0. The van der Waals surface area contributed by atoms with Crippen LogP contribution in [0.2, 0.25) is 10.0 Å². The van der Waals surface area contributed by atoms with Crippen LogP contribution in [0.3, 0.4) is 0 Å². The van der Waals surface area contributed by atoms with Crippen molar-refractivity contribution in [1.82, 2.24) is 4.57 Å². The summed E-state index contributed by atoms with van der Waals surface area (Å²) in [7, 11) is 0. The van der Waals surface area contributed by atoms with E-state index < -0.39 is 4.92 Å². The van der Waals surface area contributed by atoms with E-state index in [1.807, 2.05) is 48.5 Å². The number of aromatic nitrogens is 1. The van der Waals surface area contributed by atoms with Gasteiger partial charge < -0.3 is 0 Å². The number of halogens is 2. The van der Waals surface area contributed by atoms with E-state index in [1.165, 1.54) is 17.4 Å². The summed E-state index contributed by atoms with van der Waals surface area (Å²) in [4.78, 5) is 30.6. The molecule has 9 heteroatoms. The van der Waals surface area contributed by atoms with E-state index in [1.54, 1.807) is 28.8 Å². The number of hydrogen-bond acceptors (Lipinski definition) is 5. The Hall–Kier alpha value is -3.78. The van der Waals surface area contributed by atoms with E-state index in [4.69, 9.17) is 28.2 Å². The summed E-state index contributed by atoms with van der Waals surface area (Å²) in [5.41, 5.74) is 5.15. The van der Waals surface area contributed by atoms with Gasteiger partial charge in [0.25, 0.3) is 11.2 Å². The third kappa shape index (κ3) is 4.89. The van der Waals surface area contributed by atoms with Crippen LogP contribution in [0.15, 0.2) is 99.4 Å². The van der Waals surface area contributed by atoms with Gasteiger partial charge in [0.05, 0.1) is 26.8 Å². The Morgan fingerprint density at radius 3 is 2.36 bits per heavy atom. The molecule has 0 radical (unpaired) electrons. The zero-order valence-corrected chi connectivity index (χ0v) is 22.8. The predicted molar refractivity (Wildman–Crippen MR) is 156 cm³/mol. The van der Waals surface area contributed by atoms with Crippen molar-refractivity contribution in [1.29, 1.82) is 0 Å². The van der Waals surface area contributed by atoms with Crippen LogP contribution in [0.4, 0.5) is 5.69 Å². The second-order valence-corrected chi connectivity index (χ2v) is 11.3. The number of nitro groups is 1. The first-order chi connectivity index (χ1) is 18.9. The standard InChI is InChI=1S/C30H21Cl2N3O3S/c31-22-12-8-18(9-13-22)16-21-5-3-6-24-27(21)33-30-34(28(24)19-10-14-23(32)15-11-19)29(36)26(39-30)17-20-4-1-2-7-25(20)35(37)38/h1-2,4,7-17,28H,3,5-6H2/b21-16-,26-17+. The quantitative estimate of drug-likeness (QED) is 0.201. The largest absolute Gasteiger partial charge is 0.276 e. The minimum absolute atomic E-state index is 0.0509. The van der Waals surface area contributed by atoms with Crippen molar-refractivity contribution in [3.05, 3.63) is 146 Å². The number of para-hydroxylation sites is 1. The Kier molecular flexibility index (Phi) is 6.81. The summed E-state index contributed by atoms with van der Waals surface area (Å²) < 4.78 is 2.11. The minimum Gasteiger partial charge on any atom is -0.272 e. The van der Waals surface area contributed by atoms with Gasteiger partial charge in [-0.15, -0.1) is 0 Å². The first-order valence-electron chi connectivity index (χ1n) is 12.4. The van der Waals surface area contributed by atoms with Crippen LogP contribution in [-0.2, 0) is 0 Å². The van der Waals surface area contributed by atoms with Crippen LogP contribution in [0.1, 0.15) is 42.0 Å². The van der Waals surface area contributed by atoms with Crippen molar-refractivity contribution in [3.8, 4) is 0 Å². The molecule has 6 nitrogen and oxygen atoms in total. The zero-order chi connectivity index (χ0) is 27.1. The van der Waals surface area contributed by atoms with Crippen LogP contribution in [0.5, 0.6) is 0 Å². The number of nitrogens with zero attached hydrogens (tertiary/aromatic N) is 3. The van der Waals surface area contributed by atoms with Gasteiger partial charge in [-0.1, -0.05) is 70.9 Å². The fraction of sp³-hybridized carbons (Fsp3) is 0.133. The highest BCUT2D eigenvalue weighted by atomic mass is 35.5. The van der Waals surface area contributed by atoms with Crippen LogP contribution in [0.25, 0.3) is 12.2 Å². The van der Waals surface area contributed by atoms with Crippen molar-refractivity contribution in [2.75, 3.05) is 0 Å². The molecule has 2 heterocycles. The average molecular weight is 574 g/mol. The molecular weight excluding hydrogens is 553 g/mol. The van der Waals surface area contributed by atoms with Crippen molar-refractivity contribution < 1.29 is 4.92 Å². The van der Waals surface area contributed by atoms with Crippen LogP contribution >= 0.6 is 34.5 Å². The van der Waals surface area contributed by atoms with Crippen LogP contribution < -0.4 is 14.9 Å². The van der Waals surface area contributed by atoms with E-state index in [0.717, 1.165) is 47.2 Å². The Morgan fingerprint density at radius 1 is 0.949 bits per heavy atom. The van der Waals surface area contributed by atoms with Crippen LogP contribution in [-0.4, -0.2) is 9.49 Å². The van der Waals surface area contributed by atoms with Crippen molar-refractivity contribution in [2.24, 2.45) is 4.99 Å². The van der Waals surface area contributed by atoms with Gasteiger partial charge in [0, 0.05) is 16.1 Å². The van der Waals surface area contributed by atoms with Gasteiger partial charge in [0.15, 0.2) is 4.80 Å². The first-order valence-corrected chi connectivity index (χ1v) is 14.0. The van der Waals surface area contributed by atoms with Crippen molar-refractivity contribution in [2.45, 2.75) is 25.3 Å². The zero-order valence-electron chi connectivity index (χ0n) is 20.5.